The molecule has 1 rings (SSSR count). The Kier molecular flexibility index (Phi) is 2.32. The van der Waals surface area contributed by atoms with Gasteiger partial charge in [0.2, 0.25) is 0 Å². The van der Waals surface area contributed by atoms with Crippen LogP contribution < -0.4 is 0 Å². The smallest absolute Gasteiger partial charge is 0.153 e. The quantitative estimate of drug-likeness (QED) is 0.672. The average Bonchev–Trinajstić information content (AvgIpc) is 2.08. The van der Waals surface area contributed by atoms with Gasteiger partial charge in [0, 0.05) is 5.02 Å². The van der Waals surface area contributed by atoms with Crippen LogP contribution in [0.2, 0.25) is 5.02 Å². The number of benzene rings is 1. The van der Waals surface area contributed by atoms with Gasteiger partial charge in [-0.3, -0.25) is 4.79 Å². The number of phenols is 1. The highest BCUT2D eigenvalue weighted by Gasteiger charge is 2.07. The molecule has 0 amide bonds. The van der Waals surface area contributed by atoms with Gasteiger partial charge in [0.1, 0.15) is 11.8 Å². The van der Waals surface area contributed by atoms with Crippen molar-refractivity contribution in [3.05, 3.63) is 28.3 Å². The fraction of sp³-hybridized carbons (Fsp3) is 0. The van der Waals surface area contributed by atoms with E-state index in [2.05, 4.69) is 0 Å². The summed E-state index contributed by atoms with van der Waals surface area (Å²) in [5, 5.41) is 17.9. The third-order valence-corrected chi connectivity index (χ3v) is 1.57. The molecule has 3 nitrogen and oxygen atoms in total. The summed E-state index contributed by atoms with van der Waals surface area (Å²) in [4.78, 5) is 10.3. The number of nitrogens with zero attached hydrogens (tertiary/aromatic N) is 1. The van der Waals surface area contributed by atoms with Crippen LogP contribution in [-0.2, 0) is 0 Å². The Balaban J connectivity index is 3.44. The number of aromatic hydroxyl groups is 1. The molecule has 60 valence electrons. The van der Waals surface area contributed by atoms with Crippen LogP contribution >= 0.6 is 11.6 Å². The predicted octanol–water partition coefficient (Wildman–Crippen LogP) is 1.73. The minimum atomic E-state index is -0.322. The third-order valence-electron chi connectivity index (χ3n) is 1.35. The Labute approximate surface area is 73.8 Å². The Bertz CT molecular complexity index is 368. The first-order valence-corrected chi connectivity index (χ1v) is 3.44. The van der Waals surface area contributed by atoms with Gasteiger partial charge in [-0.25, -0.2) is 0 Å². The van der Waals surface area contributed by atoms with Crippen LogP contribution in [0.4, 0.5) is 0 Å². The molecular formula is C8H4ClNO2. The monoisotopic (exact) mass is 181 g/mol. The van der Waals surface area contributed by atoms with E-state index in [1.165, 1.54) is 12.1 Å². The van der Waals surface area contributed by atoms with E-state index < -0.39 is 0 Å². The molecule has 0 bridgehead atoms. The first-order valence-electron chi connectivity index (χ1n) is 3.07. The summed E-state index contributed by atoms with van der Waals surface area (Å²) >= 11 is 5.56. The maximum absolute atomic E-state index is 10.3. The zero-order valence-corrected chi connectivity index (χ0v) is 6.67. The van der Waals surface area contributed by atoms with E-state index in [1.807, 2.05) is 0 Å². The van der Waals surface area contributed by atoms with Crippen LogP contribution in [0.15, 0.2) is 12.1 Å². The summed E-state index contributed by atoms with van der Waals surface area (Å²) in [6.45, 7) is 0. The Morgan fingerprint density at radius 2 is 2.25 bits per heavy atom. The van der Waals surface area contributed by atoms with Crippen molar-refractivity contribution in [3.8, 4) is 11.8 Å². The standard InChI is InChI=1S/C8H4ClNO2/c9-7-1-5(3-10)8(12)6(2-7)4-11/h1-2,4,12H. The number of halogens is 1. The van der Waals surface area contributed by atoms with E-state index in [4.69, 9.17) is 16.9 Å². The number of aldehydes is 1. The Hall–Kier alpha value is -1.53. The zero-order chi connectivity index (χ0) is 9.14. The molecule has 1 aromatic carbocycles. The molecule has 0 saturated carbocycles. The molecule has 1 aromatic rings. The van der Waals surface area contributed by atoms with Crippen molar-refractivity contribution >= 4 is 17.9 Å². The summed E-state index contributed by atoms with van der Waals surface area (Å²) in [5.41, 5.74) is 0.0312. The van der Waals surface area contributed by atoms with Crippen molar-refractivity contribution in [2.75, 3.05) is 0 Å². The summed E-state index contributed by atoms with van der Waals surface area (Å²) in [5.74, 6) is -0.322. The number of nitriles is 1. The number of rotatable bonds is 1. The minimum Gasteiger partial charge on any atom is -0.506 e. The SMILES string of the molecule is N#Cc1cc(Cl)cc(C=O)c1O. The average molecular weight is 182 g/mol. The van der Waals surface area contributed by atoms with Crippen molar-refractivity contribution < 1.29 is 9.90 Å². The van der Waals surface area contributed by atoms with Gasteiger partial charge < -0.3 is 5.11 Å². The molecule has 0 spiro atoms. The normalized spacial score (nSPS) is 9.00. The highest BCUT2D eigenvalue weighted by molar-refractivity contribution is 6.31. The lowest BCUT2D eigenvalue weighted by Gasteiger charge is -1.99. The van der Waals surface area contributed by atoms with E-state index in [0.29, 0.717) is 6.29 Å². The van der Waals surface area contributed by atoms with Gasteiger partial charge in [-0.1, -0.05) is 11.6 Å². The molecule has 0 aliphatic heterocycles. The molecule has 0 saturated heterocycles. The molecule has 0 unspecified atom stereocenters. The summed E-state index contributed by atoms with van der Waals surface area (Å²) in [6.07, 6.45) is 0.446. The van der Waals surface area contributed by atoms with Crippen LogP contribution in [0, 0.1) is 11.3 Å². The summed E-state index contributed by atoms with van der Waals surface area (Å²) < 4.78 is 0. The van der Waals surface area contributed by atoms with E-state index in [-0.39, 0.29) is 21.9 Å². The predicted molar refractivity (Wildman–Crippen MR) is 43.2 cm³/mol. The first kappa shape index (κ1) is 8.57. The van der Waals surface area contributed by atoms with E-state index in [0.717, 1.165) is 0 Å². The van der Waals surface area contributed by atoms with Crippen molar-refractivity contribution in [1.82, 2.24) is 0 Å². The van der Waals surface area contributed by atoms with Crippen LogP contribution in [0.25, 0.3) is 0 Å². The lowest BCUT2D eigenvalue weighted by Crippen LogP contribution is -1.85. The number of carbonyl (C=O) groups is 1. The van der Waals surface area contributed by atoms with Gasteiger partial charge >= 0.3 is 0 Å². The van der Waals surface area contributed by atoms with Gasteiger partial charge in [0.25, 0.3) is 0 Å². The molecule has 0 heterocycles. The largest absolute Gasteiger partial charge is 0.506 e. The molecular weight excluding hydrogens is 178 g/mol. The number of carbonyl (C=O) groups excluding carboxylic acids is 1. The highest BCUT2D eigenvalue weighted by atomic mass is 35.5. The van der Waals surface area contributed by atoms with E-state index >= 15 is 0 Å². The topological polar surface area (TPSA) is 61.1 Å². The van der Waals surface area contributed by atoms with E-state index in [9.17, 15) is 9.90 Å². The van der Waals surface area contributed by atoms with Crippen LogP contribution in [0.1, 0.15) is 15.9 Å². The van der Waals surface area contributed by atoms with Crippen molar-refractivity contribution in [2.45, 2.75) is 0 Å². The molecule has 0 radical (unpaired) electrons. The van der Waals surface area contributed by atoms with Gasteiger partial charge in [0.05, 0.1) is 11.1 Å². The van der Waals surface area contributed by atoms with Crippen molar-refractivity contribution in [1.29, 1.82) is 5.26 Å². The third kappa shape index (κ3) is 1.39. The molecule has 0 fully saturated rings. The Morgan fingerprint density at radius 3 is 2.75 bits per heavy atom. The number of hydrogen-bond donors (Lipinski definition) is 1. The minimum absolute atomic E-state index is 0.00426. The van der Waals surface area contributed by atoms with E-state index in [1.54, 1.807) is 6.07 Å². The van der Waals surface area contributed by atoms with Gasteiger partial charge in [-0.15, -0.1) is 0 Å². The highest BCUT2D eigenvalue weighted by Crippen LogP contribution is 2.24. The van der Waals surface area contributed by atoms with Gasteiger partial charge in [-0.05, 0) is 12.1 Å². The van der Waals surface area contributed by atoms with Crippen molar-refractivity contribution in [2.24, 2.45) is 0 Å². The maximum Gasteiger partial charge on any atom is 0.153 e. The fourth-order valence-electron chi connectivity index (χ4n) is 0.795. The van der Waals surface area contributed by atoms with Crippen LogP contribution in [-0.4, -0.2) is 11.4 Å². The molecule has 12 heavy (non-hydrogen) atoms. The summed E-state index contributed by atoms with van der Waals surface area (Å²) in [7, 11) is 0. The number of phenolic OH excluding ortho intramolecular Hbond substituents is 1. The second-order valence-corrected chi connectivity index (χ2v) is 2.56. The van der Waals surface area contributed by atoms with Gasteiger partial charge in [-0.2, -0.15) is 5.26 Å². The second-order valence-electron chi connectivity index (χ2n) is 2.12. The lowest BCUT2D eigenvalue weighted by atomic mass is 10.1. The molecule has 0 aliphatic rings. The molecule has 0 aliphatic carbocycles. The zero-order valence-electron chi connectivity index (χ0n) is 5.91. The lowest BCUT2D eigenvalue weighted by molar-refractivity contribution is 0.112. The fourth-order valence-corrected chi connectivity index (χ4v) is 1.02. The molecule has 0 aromatic heterocycles. The van der Waals surface area contributed by atoms with Crippen LogP contribution in [0.5, 0.6) is 5.75 Å². The van der Waals surface area contributed by atoms with Crippen molar-refractivity contribution in [3.63, 3.8) is 0 Å². The first-order chi connectivity index (χ1) is 5.69. The molecule has 0 atom stereocenters. The molecule has 1 N–H and O–H groups in total. The maximum atomic E-state index is 10.3. The van der Waals surface area contributed by atoms with Crippen LogP contribution in [0.3, 0.4) is 0 Å². The molecule has 4 heteroatoms. The Morgan fingerprint density at radius 1 is 1.58 bits per heavy atom. The second kappa shape index (κ2) is 3.24. The summed E-state index contributed by atoms with van der Waals surface area (Å²) in [6, 6.07) is 4.31. The van der Waals surface area contributed by atoms with Gasteiger partial charge in [0.15, 0.2) is 6.29 Å². The number of hydrogen-bond acceptors (Lipinski definition) is 3.